The third-order valence-corrected chi connectivity index (χ3v) is 1.89. The van der Waals surface area contributed by atoms with Crippen LogP contribution in [-0.2, 0) is 0 Å². The minimum Gasteiger partial charge on any atom is -0.266 e. The molecule has 0 aliphatic rings. The van der Waals surface area contributed by atoms with Gasteiger partial charge in [0.25, 0.3) is 5.91 Å². The van der Waals surface area contributed by atoms with Crippen LogP contribution in [0.3, 0.4) is 0 Å². The maximum atomic E-state index is 11.2. The molecule has 66 valence electrons. The van der Waals surface area contributed by atoms with Gasteiger partial charge in [0.05, 0.1) is 5.16 Å². The number of thiocarbonyl (C=S) groups is 1. The van der Waals surface area contributed by atoms with Crippen LogP contribution in [0.1, 0.15) is 15.9 Å². The highest BCUT2D eigenvalue weighted by atomic mass is 35.5. The van der Waals surface area contributed by atoms with E-state index in [4.69, 9.17) is 11.6 Å². The monoisotopic (exact) mass is 211 g/mol. The number of halogens is 1. The molecule has 0 saturated heterocycles. The molecule has 0 unspecified atom stereocenters. The first-order valence-electron chi connectivity index (χ1n) is 3.53. The summed E-state index contributed by atoms with van der Waals surface area (Å²) < 4.78 is 0. The topological polar surface area (TPSA) is 29.4 Å². The van der Waals surface area contributed by atoms with E-state index in [0.717, 1.165) is 5.56 Å². The lowest BCUT2D eigenvalue weighted by atomic mass is 10.1. The molecule has 1 aromatic carbocycles. The average Bonchev–Trinajstić information content (AvgIpc) is 2.04. The predicted molar refractivity (Wildman–Crippen MR) is 55.5 cm³/mol. The molecule has 13 heavy (non-hydrogen) atoms. The lowest BCUT2D eigenvalue weighted by Gasteiger charge is -1.99. The molecule has 0 atom stereocenters. The summed E-state index contributed by atoms with van der Waals surface area (Å²) in [7, 11) is 0. The summed E-state index contributed by atoms with van der Waals surface area (Å²) in [5, 5.41) is 2.63. The molecule has 0 heterocycles. The number of aliphatic imine (C=N–C) groups is 1. The molecule has 0 aliphatic carbocycles. The second kappa shape index (κ2) is 4.28. The number of nitrogens with zero attached hydrogens (tertiary/aromatic N) is 1. The maximum absolute atomic E-state index is 11.2. The molecule has 0 saturated carbocycles. The zero-order valence-corrected chi connectivity index (χ0v) is 8.45. The van der Waals surface area contributed by atoms with Crippen LogP contribution in [-0.4, -0.2) is 11.1 Å². The number of carbonyl (C=O) groups is 1. The summed E-state index contributed by atoms with van der Waals surface area (Å²) in [5.74, 6) is -0.385. The van der Waals surface area contributed by atoms with Gasteiger partial charge in [0.1, 0.15) is 0 Å². The molecule has 0 bridgehead atoms. The van der Waals surface area contributed by atoms with Crippen LogP contribution in [0.4, 0.5) is 0 Å². The number of hydrogen-bond acceptors (Lipinski definition) is 2. The van der Waals surface area contributed by atoms with Crippen LogP contribution in [0.15, 0.2) is 23.2 Å². The first kappa shape index (κ1) is 10.1. The van der Waals surface area contributed by atoms with Crippen LogP contribution in [0, 0.1) is 6.92 Å². The second-order valence-corrected chi connectivity index (χ2v) is 3.09. The van der Waals surface area contributed by atoms with E-state index >= 15 is 0 Å². The van der Waals surface area contributed by atoms with Crippen molar-refractivity contribution in [3.8, 4) is 0 Å². The molecule has 0 spiro atoms. The number of hydrogen-bond donors (Lipinski definition) is 0. The largest absolute Gasteiger partial charge is 0.286 e. The van der Waals surface area contributed by atoms with E-state index in [1.807, 2.05) is 5.16 Å². The Bertz CT molecular complexity index is 397. The van der Waals surface area contributed by atoms with E-state index in [1.165, 1.54) is 0 Å². The van der Waals surface area contributed by atoms with Crippen molar-refractivity contribution in [1.29, 1.82) is 0 Å². The van der Waals surface area contributed by atoms with E-state index in [-0.39, 0.29) is 5.91 Å². The molecular formula is C9H6ClNOS. The summed E-state index contributed by atoms with van der Waals surface area (Å²) in [4.78, 5) is 14.6. The smallest absolute Gasteiger partial charge is 0.266 e. The van der Waals surface area contributed by atoms with Crippen LogP contribution >= 0.6 is 23.8 Å². The van der Waals surface area contributed by atoms with Crippen molar-refractivity contribution >= 4 is 34.9 Å². The Labute approximate surface area is 86.2 Å². The summed E-state index contributed by atoms with van der Waals surface area (Å²) in [6.45, 7) is 1.79. The number of amides is 1. The number of aryl methyl sites for hydroxylation is 1. The van der Waals surface area contributed by atoms with Crippen LogP contribution in [0.25, 0.3) is 0 Å². The van der Waals surface area contributed by atoms with Gasteiger partial charge < -0.3 is 0 Å². The molecule has 2 nitrogen and oxygen atoms in total. The van der Waals surface area contributed by atoms with Crippen LogP contribution < -0.4 is 0 Å². The molecular weight excluding hydrogens is 206 g/mol. The summed E-state index contributed by atoms with van der Waals surface area (Å²) in [6, 6.07) is 4.96. The van der Waals surface area contributed by atoms with Crippen molar-refractivity contribution in [1.82, 2.24) is 0 Å². The summed E-state index contributed by atoms with van der Waals surface area (Å²) in [6.07, 6.45) is 0. The highest BCUT2D eigenvalue weighted by molar-refractivity contribution is 7.78. The number of isothiocyanates is 1. The van der Waals surface area contributed by atoms with E-state index in [2.05, 4.69) is 17.2 Å². The van der Waals surface area contributed by atoms with Crippen molar-refractivity contribution in [3.05, 3.63) is 34.3 Å². The Kier molecular flexibility index (Phi) is 3.32. The van der Waals surface area contributed by atoms with Crippen molar-refractivity contribution in [2.75, 3.05) is 0 Å². The molecule has 0 aromatic heterocycles. The minimum atomic E-state index is -0.385. The van der Waals surface area contributed by atoms with Crippen molar-refractivity contribution in [2.45, 2.75) is 6.92 Å². The zero-order valence-electron chi connectivity index (χ0n) is 6.87. The zero-order chi connectivity index (χ0) is 9.84. The molecule has 1 aromatic rings. The van der Waals surface area contributed by atoms with Gasteiger partial charge in [-0.25, -0.2) is 0 Å². The highest BCUT2D eigenvalue weighted by Gasteiger charge is 2.06. The predicted octanol–water partition coefficient (Wildman–Crippen LogP) is 2.89. The van der Waals surface area contributed by atoms with Gasteiger partial charge in [-0.15, -0.1) is 0 Å². The number of benzene rings is 1. The fourth-order valence-electron chi connectivity index (χ4n) is 0.969. The Morgan fingerprint density at radius 3 is 2.85 bits per heavy atom. The number of rotatable bonds is 1. The van der Waals surface area contributed by atoms with E-state index in [9.17, 15) is 4.79 Å². The van der Waals surface area contributed by atoms with Crippen molar-refractivity contribution in [2.24, 2.45) is 4.99 Å². The fraction of sp³-hybridized carbons (Fsp3) is 0.111. The van der Waals surface area contributed by atoms with E-state index < -0.39 is 0 Å². The van der Waals surface area contributed by atoms with Crippen molar-refractivity contribution < 1.29 is 4.79 Å². The Balaban J connectivity index is 3.16. The molecule has 0 N–H and O–H groups in total. The van der Waals surface area contributed by atoms with Gasteiger partial charge in [-0.05, 0) is 42.9 Å². The van der Waals surface area contributed by atoms with Gasteiger partial charge in [0, 0.05) is 10.6 Å². The number of carbonyl (C=O) groups excluding carboxylic acids is 1. The highest BCUT2D eigenvalue weighted by Crippen LogP contribution is 2.15. The molecule has 0 fully saturated rings. The molecule has 0 aliphatic heterocycles. The van der Waals surface area contributed by atoms with E-state index in [1.54, 1.807) is 25.1 Å². The Morgan fingerprint density at radius 2 is 2.31 bits per heavy atom. The maximum Gasteiger partial charge on any atom is 0.286 e. The van der Waals surface area contributed by atoms with Gasteiger partial charge in [-0.3, -0.25) is 4.79 Å². The van der Waals surface area contributed by atoms with Gasteiger partial charge in [-0.2, -0.15) is 4.99 Å². The van der Waals surface area contributed by atoms with E-state index in [0.29, 0.717) is 10.6 Å². The van der Waals surface area contributed by atoms with Gasteiger partial charge in [-0.1, -0.05) is 11.6 Å². The fourth-order valence-corrected chi connectivity index (χ4v) is 1.28. The standard InChI is InChI=1S/C9H6ClNOS/c1-6-4-7(10)2-3-8(6)9(12)11-5-13/h2-4H,1H3. The lowest BCUT2D eigenvalue weighted by molar-refractivity contribution is 0.100. The molecule has 4 heteroatoms. The Hall–Kier alpha value is -1.02. The summed E-state index contributed by atoms with van der Waals surface area (Å²) in [5.41, 5.74) is 1.29. The van der Waals surface area contributed by atoms with Gasteiger partial charge >= 0.3 is 0 Å². The van der Waals surface area contributed by atoms with Crippen LogP contribution in [0.2, 0.25) is 5.02 Å². The first-order chi connectivity index (χ1) is 6.15. The molecule has 1 rings (SSSR count). The van der Waals surface area contributed by atoms with Gasteiger partial charge in [0.2, 0.25) is 0 Å². The lowest BCUT2D eigenvalue weighted by Crippen LogP contribution is -1.96. The third kappa shape index (κ3) is 2.46. The normalized spacial score (nSPS) is 9.08. The quantitative estimate of drug-likeness (QED) is 0.528. The Morgan fingerprint density at radius 1 is 1.62 bits per heavy atom. The minimum absolute atomic E-state index is 0.385. The SMILES string of the molecule is Cc1cc(Cl)ccc1C(=O)N=C=S. The molecule has 0 radical (unpaired) electrons. The van der Waals surface area contributed by atoms with Crippen LogP contribution in [0.5, 0.6) is 0 Å². The average molecular weight is 212 g/mol. The van der Waals surface area contributed by atoms with Gasteiger partial charge in [0.15, 0.2) is 0 Å². The summed E-state index contributed by atoms with van der Waals surface area (Å²) >= 11 is 10.1. The second-order valence-electron chi connectivity index (χ2n) is 2.47. The third-order valence-electron chi connectivity index (χ3n) is 1.57. The molecule has 1 amide bonds. The first-order valence-corrected chi connectivity index (χ1v) is 4.32. The van der Waals surface area contributed by atoms with Crippen molar-refractivity contribution in [3.63, 3.8) is 0 Å².